The minimum absolute atomic E-state index is 0.0346. The maximum Gasteiger partial charge on any atom is 0.410 e. The standard InChI is InChI=1S/C31H35N5O5S/c1-20-17-21(2)33-29(32-20)34-42(38,39)26-13-9-24(10-14-26)36-27-15-16-35(30(37)41-31(3,4)5)19-23(27)18-28(36)22-7-11-25(40-6)12-8-22/h7-14,17-18H,15-16,19H2,1-6H3,(H,32,33,34). The first-order valence-electron chi connectivity index (χ1n) is 13.6. The Morgan fingerprint density at radius 2 is 1.60 bits per heavy atom. The van der Waals surface area contributed by atoms with E-state index in [0.717, 1.165) is 34.0 Å². The zero-order valence-corrected chi connectivity index (χ0v) is 25.4. The Bertz CT molecular complexity index is 1700. The van der Waals surface area contributed by atoms with E-state index >= 15 is 0 Å². The summed E-state index contributed by atoms with van der Waals surface area (Å²) in [6.07, 6.45) is 0.262. The van der Waals surface area contributed by atoms with E-state index in [9.17, 15) is 13.2 Å². The van der Waals surface area contributed by atoms with Gasteiger partial charge in [-0.15, -0.1) is 0 Å². The van der Waals surface area contributed by atoms with Crippen LogP contribution in [0.5, 0.6) is 5.75 Å². The van der Waals surface area contributed by atoms with Crippen LogP contribution in [0.3, 0.4) is 0 Å². The number of methoxy groups -OCH3 is 1. The SMILES string of the molecule is COc1ccc(-c2cc3c(n2-c2ccc(S(=O)(=O)Nc4nc(C)cc(C)n4)cc2)CCN(C(=O)OC(C)(C)C)C3)cc1. The molecule has 0 aliphatic carbocycles. The number of nitrogens with one attached hydrogen (secondary N) is 1. The van der Waals surface area contributed by atoms with Crippen molar-refractivity contribution in [2.45, 2.75) is 58.1 Å². The fourth-order valence-electron chi connectivity index (χ4n) is 5.01. The normalized spacial score (nSPS) is 13.4. The molecule has 0 saturated carbocycles. The summed E-state index contributed by atoms with van der Waals surface area (Å²) in [6, 6.07) is 18.3. The number of carbonyl (C=O) groups excluding carboxylic acids is 1. The summed E-state index contributed by atoms with van der Waals surface area (Å²) in [6.45, 7) is 10.0. The molecule has 1 aliphatic heterocycles. The molecule has 0 spiro atoms. The van der Waals surface area contributed by atoms with E-state index in [1.54, 1.807) is 56.2 Å². The van der Waals surface area contributed by atoms with Gasteiger partial charge in [-0.05, 0) is 106 Å². The van der Waals surface area contributed by atoms with Crippen molar-refractivity contribution in [3.05, 3.63) is 83.3 Å². The van der Waals surface area contributed by atoms with Gasteiger partial charge in [0.05, 0.1) is 24.2 Å². The van der Waals surface area contributed by atoms with Gasteiger partial charge < -0.3 is 18.9 Å². The Labute approximate surface area is 246 Å². The molecule has 2 aromatic carbocycles. The maximum absolute atomic E-state index is 13.1. The molecule has 10 nitrogen and oxygen atoms in total. The molecule has 1 aliphatic rings. The first-order valence-corrected chi connectivity index (χ1v) is 15.1. The van der Waals surface area contributed by atoms with Crippen molar-refractivity contribution in [2.24, 2.45) is 0 Å². The number of sulfonamides is 1. The van der Waals surface area contributed by atoms with Crippen LogP contribution in [-0.4, -0.2) is 53.2 Å². The van der Waals surface area contributed by atoms with Gasteiger partial charge >= 0.3 is 6.09 Å². The third-order valence-electron chi connectivity index (χ3n) is 6.82. The summed E-state index contributed by atoms with van der Waals surface area (Å²) in [5.41, 5.74) is 5.49. The molecule has 2 aromatic heterocycles. The summed E-state index contributed by atoms with van der Waals surface area (Å²) in [5, 5.41) is 0. The molecule has 0 bridgehead atoms. The van der Waals surface area contributed by atoms with Gasteiger partial charge in [-0.1, -0.05) is 0 Å². The summed E-state index contributed by atoms with van der Waals surface area (Å²) >= 11 is 0. The number of fused-ring (bicyclic) bond motifs is 1. The fraction of sp³-hybridized carbons (Fsp3) is 0.323. The first-order chi connectivity index (χ1) is 19.8. The van der Waals surface area contributed by atoms with Crippen LogP contribution in [0.4, 0.5) is 10.7 Å². The molecule has 1 N–H and O–H groups in total. The smallest absolute Gasteiger partial charge is 0.410 e. The Morgan fingerprint density at radius 1 is 0.952 bits per heavy atom. The lowest BCUT2D eigenvalue weighted by molar-refractivity contribution is 0.0223. The van der Waals surface area contributed by atoms with Crippen molar-refractivity contribution in [3.8, 4) is 22.7 Å². The van der Waals surface area contributed by atoms with Crippen LogP contribution in [0.2, 0.25) is 0 Å². The Hall–Kier alpha value is -4.38. The van der Waals surface area contributed by atoms with Crippen LogP contribution < -0.4 is 9.46 Å². The molecular weight excluding hydrogens is 554 g/mol. The summed E-state index contributed by atoms with van der Waals surface area (Å²) < 4.78 is 41.9. The largest absolute Gasteiger partial charge is 0.497 e. The van der Waals surface area contributed by atoms with Crippen molar-refractivity contribution in [2.75, 3.05) is 18.4 Å². The quantitative estimate of drug-likeness (QED) is 0.309. The molecule has 11 heteroatoms. The number of carbonyl (C=O) groups is 1. The number of hydrogen-bond donors (Lipinski definition) is 1. The highest BCUT2D eigenvalue weighted by Crippen LogP contribution is 2.34. The number of ether oxygens (including phenoxy) is 2. The Morgan fingerprint density at radius 3 is 2.19 bits per heavy atom. The molecule has 5 rings (SSSR count). The molecule has 3 heterocycles. The number of hydrogen-bond acceptors (Lipinski definition) is 7. The van der Waals surface area contributed by atoms with Gasteiger partial charge in [0.2, 0.25) is 5.95 Å². The second kappa shape index (κ2) is 11.1. The van der Waals surface area contributed by atoms with E-state index in [-0.39, 0.29) is 16.9 Å². The van der Waals surface area contributed by atoms with Crippen LogP contribution in [-0.2, 0) is 27.7 Å². The van der Waals surface area contributed by atoms with Gasteiger partial charge in [-0.3, -0.25) is 0 Å². The summed E-state index contributed by atoms with van der Waals surface area (Å²) in [7, 11) is -2.28. The van der Waals surface area contributed by atoms with E-state index in [1.165, 1.54) is 0 Å². The van der Waals surface area contributed by atoms with Crippen LogP contribution in [0, 0.1) is 13.8 Å². The van der Waals surface area contributed by atoms with Crippen molar-refractivity contribution < 1.29 is 22.7 Å². The monoisotopic (exact) mass is 589 g/mol. The summed E-state index contributed by atoms with van der Waals surface area (Å²) in [5.74, 6) is 0.778. The average molecular weight is 590 g/mol. The molecule has 0 fully saturated rings. The van der Waals surface area contributed by atoms with Crippen molar-refractivity contribution in [3.63, 3.8) is 0 Å². The lowest BCUT2D eigenvalue weighted by Crippen LogP contribution is -2.40. The first kappa shape index (κ1) is 29.1. The Balaban J connectivity index is 1.50. The van der Waals surface area contributed by atoms with Crippen molar-refractivity contribution in [1.82, 2.24) is 19.4 Å². The highest BCUT2D eigenvalue weighted by molar-refractivity contribution is 7.92. The van der Waals surface area contributed by atoms with E-state index in [1.807, 2.05) is 45.0 Å². The predicted molar refractivity (Wildman–Crippen MR) is 160 cm³/mol. The van der Waals surface area contributed by atoms with Crippen LogP contribution in [0.1, 0.15) is 43.4 Å². The predicted octanol–water partition coefficient (Wildman–Crippen LogP) is 5.65. The third-order valence-corrected chi connectivity index (χ3v) is 8.17. The molecular formula is C31H35N5O5S. The number of rotatable bonds is 6. The molecule has 0 atom stereocenters. The molecule has 220 valence electrons. The average Bonchev–Trinajstić information content (AvgIpc) is 3.30. The molecule has 0 unspecified atom stereocenters. The second-order valence-electron chi connectivity index (χ2n) is 11.3. The van der Waals surface area contributed by atoms with Crippen LogP contribution in [0.25, 0.3) is 16.9 Å². The highest BCUT2D eigenvalue weighted by atomic mass is 32.2. The maximum atomic E-state index is 13.1. The molecule has 42 heavy (non-hydrogen) atoms. The molecule has 0 saturated heterocycles. The number of aromatic nitrogens is 3. The number of amides is 1. The van der Waals surface area contributed by atoms with Gasteiger partial charge in [0.15, 0.2) is 0 Å². The Kier molecular flexibility index (Phi) is 7.72. The number of aryl methyl sites for hydroxylation is 2. The van der Waals surface area contributed by atoms with E-state index in [4.69, 9.17) is 9.47 Å². The zero-order valence-electron chi connectivity index (χ0n) is 24.6. The van der Waals surface area contributed by atoms with Crippen molar-refractivity contribution >= 4 is 22.1 Å². The number of nitrogens with zero attached hydrogens (tertiary/aromatic N) is 4. The summed E-state index contributed by atoms with van der Waals surface area (Å²) in [4.78, 5) is 23.0. The second-order valence-corrected chi connectivity index (χ2v) is 13.0. The van der Waals surface area contributed by atoms with Gasteiger partial charge in [0.25, 0.3) is 10.0 Å². The van der Waals surface area contributed by atoms with Gasteiger partial charge in [-0.25, -0.2) is 27.9 Å². The molecule has 4 aromatic rings. The number of benzene rings is 2. The van der Waals surface area contributed by atoms with Gasteiger partial charge in [0, 0.05) is 35.7 Å². The van der Waals surface area contributed by atoms with E-state index in [2.05, 4.69) is 25.3 Å². The van der Waals surface area contributed by atoms with Crippen LogP contribution in [0.15, 0.2) is 65.6 Å². The molecule has 1 amide bonds. The number of anilines is 1. The van der Waals surface area contributed by atoms with Gasteiger partial charge in [-0.2, -0.15) is 0 Å². The van der Waals surface area contributed by atoms with E-state index in [0.29, 0.717) is 30.9 Å². The van der Waals surface area contributed by atoms with Gasteiger partial charge in [0.1, 0.15) is 11.4 Å². The molecule has 0 radical (unpaired) electrons. The minimum Gasteiger partial charge on any atom is -0.497 e. The lowest BCUT2D eigenvalue weighted by Gasteiger charge is -2.30. The van der Waals surface area contributed by atoms with Crippen LogP contribution >= 0.6 is 0 Å². The fourth-order valence-corrected chi connectivity index (χ4v) is 5.96. The van der Waals surface area contributed by atoms with Crippen molar-refractivity contribution in [1.29, 1.82) is 0 Å². The topological polar surface area (TPSA) is 116 Å². The zero-order chi connectivity index (χ0) is 30.2. The minimum atomic E-state index is -3.91. The third kappa shape index (κ3) is 6.25. The highest BCUT2D eigenvalue weighted by Gasteiger charge is 2.29. The lowest BCUT2D eigenvalue weighted by atomic mass is 10.1. The van der Waals surface area contributed by atoms with E-state index < -0.39 is 15.6 Å².